The standard InChI is InChI=1S/C13H15N3OS/c1-3-18-11-9(13(8-14)5-6-13)4-7-16-10(11)12(17)15-2/h4,7H,3,5-6H2,1-2H3,(H,15,17). The van der Waals surface area contributed by atoms with Crippen molar-refractivity contribution in [3.63, 3.8) is 0 Å². The molecule has 0 aromatic carbocycles. The Hall–Kier alpha value is -1.54. The summed E-state index contributed by atoms with van der Waals surface area (Å²) in [5.41, 5.74) is 1.01. The van der Waals surface area contributed by atoms with Gasteiger partial charge in [0.15, 0.2) is 0 Å². The summed E-state index contributed by atoms with van der Waals surface area (Å²) in [7, 11) is 1.59. The van der Waals surface area contributed by atoms with Crippen LogP contribution in [-0.2, 0) is 5.41 Å². The van der Waals surface area contributed by atoms with Crippen LogP contribution in [-0.4, -0.2) is 23.7 Å². The van der Waals surface area contributed by atoms with E-state index in [4.69, 9.17) is 0 Å². The van der Waals surface area contributed by atoms with Gasteiger partial charge in [-0.05, 0) is 30.2 Å². The molecule has 1 aromatic heterocycles. The van der Waals surface area contributed by atoms with Gasteiger partial charge >= 0.3 is 0 Å². The fourth-order valence-electron chi connectivity index (χ4n) is 1.96. The van der Waals surface area contributed by atoms with E-state index < -0.39 is 0 Å². The van der Waals surface area contributed by atoms with Crippen LogP contribution in [0, 0.1) is 11.3 Å². The van der Waals surface area contributed by atoms with Crippen molar-refractivity contribution >= 4 is 17.7 Å². The molecule has 2 rings (SSSR count). The van der Waals surface area contributed by atoms with Crippen LogP contribution in [0.1, 0.15) is 35.8 Å². The van der Waals surface area contributed by atoms with Crippen LogP contribution >= 0.6 is 11.8 Å². The minimum absolute atomic E-state index is 0.193. The van der Waals surface area contributed by atoms with Crippen molar-refractivity contribution in [1.29, 1.82) is 5.26 Å². The van der Waals surface area contributed by atoms with Gasteiger partial charge in [-0.3, -0.25) is 4.79 Å². The number of carbonyl (C=O) groups is 1. The second-order valence-electron chi connectivity index (χ2n) is 4.24. The summed E-state index contributed by atoms with van der Waals surface area (Å²) in [5.74, 6) is 0.658. The van der Waals surface area contributed by atoms with Crippen molar-refractivity contribution in [2.45, 2.75) is 30.1 Å². The molecule has 18 heavy (non-hydrogen) atoms. The Bertz CT molecular complexity index is 517. The molecule has 0 radical (unpaired) electrons. The molecule has 0 spiro atoms. The highest BCUT2D eigenvalue weighted by molar-refractivity contribution is 7.99. The third-order valence-corrected chi connectivity index (χ3v) is 4.11. The molecule has 4 nitrogen and oxygen atoms in total. The molecule has 1 saturated carbocycles. The molecule has 1 aromatic rings. The Kier molecular flexibility index (Phi) is 3.58. The summed E-state index contributed by atoms with van der Waals surface area (Å²) >= 11 is 1.58. The van der Waals surface area contributed by atoms with Crippen LogP contribution < -0.4 is 5.32 Å². The molecule has 1 amide bonds. The van der Waals surface area contributed by atoms with Gasteiger partial charge < -0.3 is 5.32 Å². The zero-order valence-corrected chi connectivity index (χ0v) is 11.3. The molecule has 0 saturated heterocycles. The van der Waals surface area contributed by atoms with Crippen molar-refractivity contribution in [1.82, 2.24) is 10.3 Å². The summed E-state index contributed by atoms with van der Waals surface area (Å²) in [6, 6.07) is 4.25. The molecule has 0 aliphatic heterocycles. The first-order valence-electron chi connectivity index (χ1n) is 5.94. The lowest BCUT2D eigenvalue weighted by atomic mass is 9.98. The Morgan fingerprint density at radius 1 is 1.67 bits per heavy atom. The predicted octanol–water partition coefficient (Wildman–Crippen LogP) is 2.11. The number of nitrogens with zero attached hydrogens (tertiary/aromatic N) is 2. The van der Waals surface area contributed by atoms with E-state index in [0.29, 0.717) is 5.69 Å². The number of nitrogens with one attached hydrogen (secondary N) is 1. The Morgan fingerprint density at radius 2 is 2.39 bits per heavy atom. The lowest BCUT2D eigenvalue weighted by molar-refractivity contribution is 0.0954. The smallest absolute Gasteiger partial charge is 0.270 e. The summed E-state index contributed by atoms with van der Waals surface area (Å²) in [6.45, 7) is 2.03. The van der Waals surface area contributed by atoms with Gasteiger partial charge in [0, 0.05) is 18.1 Å². The lowest BCUT2D eigenvalue weighted by Crippen LogP contribution is -2.21. The average molecular weight is 261 g/mol. The van der Waals surface area contributed by atoms with E-state index in [1.165, 1.54) is 0 Å². The summed E-state index contributed by atoms with van der Waals surface area (Å²) in [5, 5.41) is 11.9. The normalized spacial score (nSPS) is 15.8. The van der Waals surface area contributed by atoms with Gasteiger partial charge in [-0.2, -0.15) is 5.26 Å². The van der Waals surface area contributed by atoms with E-state index in [9.17, 15) is 10.1 Å². The van der Waals surface area contributed by atoms with Crippen molar-refractivity contribution in [2.24, 2.45) is 0 Å². The van der Waals surface area contributed by atoms with Crippen LogP contribution in [0.25, 0.3) is 0 Å². The average Bonchev–Trinajstić information content (AvgIpc) is 3.19. The lowest BCUT2D eigenvalue weighted by Gasteiger charge is -2.14. The summed E-state index contributed by atoms with van der Waals surface area (Å²) in [6.07, 6.45) is 3.37. The van der Waals surface area contributed by atoms with E-state index in [1.807, 2.05) is 13.0 Å². The molecular formula is C13H15N3OS. The number of amides is 1. The molecule has 1 aliphatic rings. The third kappa shape index (κ3) is 2.08. The van der Waals surface area contributed by atoms with Gasteiger partial charge in [0.1, 0.15) is 5.69 Å². The van der Waals surface area contributed by atoms with E-state index in [0.717, 1.165) is 29.1 Å². The van der Waals surface area contributed by atoms with Crippen LogP contribution in [0.2, 0.25) is 0 Å². The SMILES string of the molecule is CCSc1c(C2(C#N)CC2)ccnc1C(=O)NC. The van der Waals surface area contributed by atoms with Gasteiger partial charge in [0.2, 0.25) is 0 Å². The van der Waals surface area contributed by atoms with Crippen molar-refractivity contribution in [3.8, 4) is 6.07 Å². The molecule has 94 valence electrons. The number of pyridine rings is 1. The summed E-state index contributed by atoms with van der Waals surface area (Å²) in [4.78, 5) is 16.8. The first-order chi connectivity index (χ1) is 8.68. The molecule has 0 unspecified atom stereocenters. The first-order valence-corrected chi connectivity index (χ1v) is 6.92. The van der Waals surface area contributed by atoms with Crippen molar-refractivity contribution in [3.05, 3.63) is 23.5 Å². The minimum atomic E-state index is -0.386. The fourth-order valence-corrected chi connectivity index (χ4v) is 2.95. The maximum absolute atomic E-state index is 11.8. The maximum atomic E-state index is 11.8. The highest BCUT2D eigenvalue weighted by Crippen LogP contribution is 2.50. The number of aromatic nitrogens is 1. The zero-order valence-electron chi connectivity index (χ0n) is 10.5. The van der Waals surface area contributed by atoms with E-state index >= 15 is 0 Å². The van der Waals surface area contributed by atoms with Crippen LogP contribution in [0.15, 0.2) is 17.2 Å². The van der Waals surface area contributed by atoms with Crippen molar-refractivity contribution in [2.75, 3.05) is 12.8 Å². The number of carbonyl (C=O) groups excluding carboxylic acids is 1. The zero-order chi connectivity index (χ0) is 13.2. The number of hydrogen-bond acceptors (Lipinski definition) is 4. The highest BCUT2D eigenvalue weighted by Gasteiger charge is 2.47. The van der Waals surface area contributed by atoms with Gasteiger partial charge in [0.25, 0.3) is 5.91 Å². The van der Waals surface area contributed by atoms with Gasteiger partial charge in [0.05, 0.1) is 11.5 Å². The Morgan fingerprint density at radius 3 is 2.89 bits per heavy atom. The molecule has 1 N–H and O–H groups in total. The maximum Gasteiger partial charge on any atom is 0.270 e. The Labute approximate surface area is 111 Å². The highest BCUT2D eigenvalue weighted by atomic mass is 32.2. The quantitative estimate of drug-likeness (QED) is 0.843. The monoisotopic (exact) mass is 261 g/mol. The molecule has 1 fully saturated rings. The topological polar surface area (TPSA) is 65.8 Å². The van der Waals surface area contributed by atoms with E-state index in [2.05, 4.69) is 16.4 Å². The number of rotatable bonds is 4. The van der Waals surface area contributed by atoms with Crippen LogP contribution in [0.5, 0.6) is 0 Å². The molecule has 5 heteroatoms. The summed E-state index contributed by atoms with van der Waals surface area (Å²) < 4.78 is 0. The third-order valence-electron chi connectivity index (χ3n) is 3.11. The molecule has 1 aliphatic carbocycles. The largest absolute Gasteiger partial charge is 0.354 e. The first kappa shape index (κ1) is 12.9. The van der Waals surface area contributed by atoms with Crippen LogP contribution in [0.4, 0.5) is 0 Å². The van der Waals surface area contributed by atoms with Gasteiger partial charge in [-0.25, -0.2) is 4.98 Å². The molecule has 0 atom stereocenters. The second-order valence-corrected chi connectivity index (χ2v) is 5.52. The minimum Gasteiger partial charge on any atom is -0.354 e. The number of nitriles is 1. The van der Waals surface area contributed by atoms with E-state index in [-0.39, 0.29) is 11.3 Å². The van der Waals surface area contributed by atoms with Crippen molar-refractivity contribution < 1.29 is 4.79 Å². The fraction of sp³-hybridized carbons (Fsp3) is 0.462. The molecule has 1 heterocycles. The second kappa shape index (κ2) is 4.99. The van der Waals surface area contributed by atoms with E-state index in [1.54, 1.807) is 25.0 Å². The van der Waals surface area contributed by atoms with Crippen LogP contribution in [0.3, 0.4) is 0 Å². The van der Waals surface area contributed by atoms with Gasteiger partial charge in [-0.15, -0.1) is 11.8 Å². The van der Waals surface area contributed by atoms with Gasteiger partial charge in [-0.1, -0.05) is 6.92 Å². The number of hydrogen-bond donors (Lipinski definition) is 1. The Balaban J connectivity index is 2.53. The molecule has 0 bridgehead atoms. The molecular weight excluding hydrogens is 246 g/mol. The number of thioether (sulfide) groups is 1. The predicted molar refractivity (Wildman–Crippen MR) is 70.6 cm³/mol.